The first-order chi connectivity index (χ1) is 18.5. The summed E-state index contributed by atoms with van der Waals surface area (Å²) in [6.07, 6.45) is 18.2. The molecule has 0 amide bonds. The topological polar surface area (TPSA) is 130 Å². The monoisotopic (exact) mass is 555 g/mol. The molecule has 2 atom stereocenters. The van der Waals surface area contributed by atoms with Crippen LogP contribution in [0.25, 0.3) is 0 Å². The largest absolute Gasteiger partial charge is 0.481 e. The molecule has 4 N–H and O–H groups in total. The number of carboxylic acids is 2. The third-order valence-electron chi connectivity index (χ3n) is 6.14. The highest BCUT2D eigenvalue weighted by Crippen LogP contribution is 2.19. The molecule has 1 heterocycles. The molecule has 0 aliphatic carbocycles. The minimum Gasteiger partial charge on any atom is -0.481 e. The second-order valence-electron chi connectivity index (χ2n) is 9.45. The van der Waals surface area contributed by atoms with Gasteiger partial charge < -0.3 is 25.0 Å². The summed E-state index contributed by atoms with van der Waals surface area (Å²) >= 11 is 1.40. The lowest BCUT2D eigenvalue weighted by Crippen LogP contribution is -2.37. The van der Waals surface area contributed by atoms with E-state index in [1.165, 1.54) is 76.0 Å². The number of hydrogen-bond donors (Lipinski definition) is 4. The van der Waals surface area contributed by atoms with Gasteiger partial charge in [-0.2, -0.15) is 0 Å². The van der Waals surface area contributed by atoms with E-state index < -0.39 is 23.4 Å². The number of aliphatic carboxylic acids is 2. The van der Waals surface area contributed by atoms with Crippen molar-refractivity contribution in [1.82, 2.24) is 10.3 Å². The maximum atomic E-state index is 11.6. The molecule has 0 bridgehead atoms. The zero-order chi connectivity index (χ0) is 27.7. The second-order valence-corrected chi connectivity index (χ2v) is 10.8. The first-order valence-electron chi connectivity index (χ1n) is 14.2. The molecule has 0 saturated carbocycles. The molecule has 1 aromatic heterocycles. The van der Waals surface area contributed by atoms with Crippen molar-refractivity contribution in [1.29, 1.82) is 0 Å². The van der Waals surface area contributed by atoms with Crippen LogP contribution in [-0.2, 0) is 19.1 Å². The van der Waals surface area contributed by atoms with Crippen molar-refractivity contribution in [3.63, 3.8) is 0 Å². The van der Waals surface area contributed by atoms with Crippen LogP contribution in [0.2, 0.25) is 0 Å². The Labute approximate surface area is 232 Å². The number of aromatic nitrogens is 1. The predicted molar refractivity (Wildman–Crippen MR) is 153 cm³/mol. The van der Waals surface area contributed by atoms with E-state index in [1.807, 2.05) is 6.07 Å². The number of anilines is 1. The van der Waals surface area contributed by atoms with Crippen molar-refractivity contribution >= 4 is 29.4 Å². The Morgan fingerprint density at radius 2 is 1.63 bits per heavy atom. The summed E-state index contributed by atoms with van der Waals surface area (Å²) in [4.78, 5) is 26.7. The number of pyridine rings is 1. The van der Waals surface area contributed by atoms with E-state index in [0.717, 1.165) is 18.5 Å². The minimum atomic E-state index is -0.985. The molecular weight excluding hydrogens is 506 g/mol. The van der Waals surface area contributed by atoms with Gasteiger partial charge in [-0.1, -0.05) is 84.0 Å². The summed E-state index contributed by atoms with van der Waals surface area (Å²) in [5.74, 6) is -1.20. The molecule has 1 aromatic rings. The van der Waals surface area contributed by atoms with Crippen LogP contribution in [0.4, 0.5) is 5.69 Å². The quantitative estimate of drug-likeness (QED) is 0.0745. The van der Waals surface area contributed by atoms with Gasteiger partial charge in [0.2, 0.25) is 0 Å². The Balaban J connectivity index is 2.07. The molecule has 38 heavy (non-hydrogen) atoms. The van der Waals surface area contributed by atoms with E-state index in [2.05, 4.69) is 22.5 Å². The van der Waals surface area contributed by atoms with Crippen LogP contribution in [0.5, 0.6) is 0 Å². The fourth-order valence-corrected chi connectivity index (χ4v) is 4.94. The van der Waals surface area contributed by atoms with Crippen molar-refractivity contribution < 1.29 is 29.3 Å². The zero-order valence-electron chi connectivity index (χ0n) is 23.1. The van der Waals surface area contributed by atoms with E-state index in [0.29, 0.717) is 18.8 Å². The van der Waals surface area contributed by atoms with Crippen molar-refractivity contribution in [3.8, 4) is 0 Å². The molecule has 1 rings (SSSR count). The number of carboxylic acid groups (broad SMARTS) is 2. The predicted octanol–water partition coefficient (Wildman–Crippen LogP) is 6.11. The third kappa shape index (κ3) is 20.1. The Kier molecular flexibility index (Phi) is 21.7. The maximum Gasteiger partial charge on any atom is 0.316 e. The van der Waals surface area contributed by atoms with Crippen molar-refractivity contribution in [3.05, 3.63) is 24.5 Å². The van der Waals surface area contributed by atoms with Crippen LogP contribution in [0.1, 0.15) is 96.8 Å². The highest BCUT2D eigenvalue weighted by Gasteiger charge is 2.17. The van der Waals surface area contributed by atoms with Crippen LogP contribution >= 0.6 is 11.8 Å². The standard InChI is InChI=1S/C28H49N3O6S/c1-2-3-4-5-6-7-8-9-10-11-12-13-16-25(28(34)35)38-19-18-36-22-31-26(20-27(32)33)37-23-30-24-15-14-17-29-21-24/h14-15,17,21,25-26,30-31H,2-13,16,18-20,22-23H2,1H3,(H,32,33)(H,34,35). The van der Waals surface area contributed by atoms with Crippen molar-refractivity contribution in [2.75, 3.05) is 31.1 Å². The Bertz CT molecular complexity index is 713. The fourth-order valence-electron chi connectivity index (χ4n) is 3.96. The lowest BCUT2D eigenvalue weighted by molar-refractivity contribution is -0.141. The fraction of sp³-hybridized carbons (Fsp3) is 0.750. The highest BCUT2D eigenvalue weighted by molar-refractivity contribution is 8.00. The average molecular weight is 556 g/mol. The summed E-state index contributed by atoms with van der Waals surface area (Å²) in [7, 11) is 0. The lowest BCUT2D eigenvalue weighted by Gasteiger charge is -2.18. The van der Waals surface area contributed by atoms with Crippen LogP contribution in [0, 0.1) is 0 Å². The van der Waals surface area contributed by atoms with Crippen LogP contribution in [0.15, 0.2) is 24.5 Å². The van der Waals surface area contributed by atoms with Gasteiger partial charge in [-0.05, 0) is 18.6 Å². The van der Waals surface area contributed by atoms with Gasteiger partial charge in [-0.15, -0.1) is 11.8 Å². The Hall–Kier alpha value is -1.88. The lowest BCUT2D eigenvalue weighted by atomic mass is 10.0. The van der Waals surface area contributed by atoms with E-state index in [-0.39, 0.29) is 19.9 Å². The summed E-state index contributed by atoms with van der Waals surface area (Å²) in [5.41, 5.74) is 0.770. The molecular formula is C28H49N3O6S. The number of nitrogens with zero attached hydrogens (tertiary/aromatic N) is 1. The van der Waals surface area contributed by atoms with E-state index in [1.54, 1.807) is 18.5 Å². The van der Waals surface area contributed by atoms with Gasteiger partial charge >= 0.3 is 11.9 Å². The number of nitrogens with one attached hydrogen (secondary N) is 2. The number of hydrogen-bond acceptors (Lipinski definition) is 8. The van der Waals surface area contributed by atoms with Gasteiger partial charge in [0.25, 0.3) is 0 Å². The van der Waals surface area contributed by atoms with E-state index in [9.17, 15) is 14.7 Å². The number of thioether (sulfide) groups is 1. The maximum absolute atomic E-state index is 11.6. The van der Waals surface area contributed by atoms with Crippen molar-refractivity contribution in [2.45, 2.75) is 108 Å². The number of unbranched alkanes of at least 4 members (excludes halogenated alkanes) is 11. The smallest absolute Gasteiger partial charge is 0.316 e. The first kappa shape index (κ1) is 34.1. The van der Waals surface area contributed by atoms with Gasteiger partial charge in [-0.25, -0.2) is 0 Å². The molecule has 9 nitrogen and oxygen atoms in total. The zero-order valence-corrected chi connectivity index (χ0v) is 23.9. The Morgan fingerprint density at radius 3 is 2.21 bits per heavy atom. The molecule has 0 aromatic carbocycles. The highest BCUT2D eigenvalue weighted by atomic mass is 32.2. The van der Waals surface area contributed by atoms with Crippen LogP contribution in [0.3, 0.4) is 0 Å². The van der Waals surface area contributed by atoms with Gasteiger partial charge in [-0.3, -0.25) is 19.9 Å². The number of rotatable bonds is 27. The van der Waals surface area contributed by atoms with E-state index in [4.69, 9.17) is 14.6 Å². The molecule has 218 valence electrons. The minimum absolute atomic E-state index is 0.113. The molecule has 0 radical (unpaired) electrons. The number of carbonyl (C=O) groups is 2. The van der Waals surface area contributed by atoms with Gasteiger partial charge in [0.15, 0.2) is 0 Å². The molecule has 0 saturated heterocycles. The SMILES string of the molecule is CCCCCCCCCCCCCCC(SCCOCNC(CC(=O)O)OCNc1cccnc1)C(=O)O. The van der Waals surface area contributed by atoms with Crippen molar-refractivity contribution in [2.24, 2.45) is 0 Å². The summed E-state index contributed by atoms with van der Waals surface area (Å²) in [6.45, 7) is 2.84. The Morgan fingerprint density at radius 1 is 0.974 bits per heavy atom. The molecule has 2 unspecified atom stereocenters. The molecule has 0 aliphatic heterocycles. The molecule has 0 fully saturated rings. The third-order valence-corrected chi connectivity index (χ3v) is 7.38. The number of ether oxygens (including phenoxy) is 2. The van der Waals surface area contributed by atoms with Gasteiger partial charge in [0, 0.05) is 18.1 Å². The second kappa shape index (κ2) is 24.2. The van der Waals surface area contributed by atoms with Gasteiger partial charge in [0.1, 0.15) is 18.2 Å². The van der Waals surface area contributed by atoms with Crippen LogP contribution in [-0.4, -0.2) is 64.4 Å². The van der Waals surface area contributed by atoms with E-state index >= 15 is 0 Å². The molecule has 0 aliphatic rings. The summed E-state index contributed by atoms with van der Waals surface area (Å²) < 4.78 is 11.1. The van der Waals surface area contributed by atoms with Gasteiger partial charge in [0.05, 0.1) is 25.4 Å². The van der Waals surface area contributed by atoms with Crippen LogP contribution < -0.4 is 10.6 Å². The molecule has 10 heteroatoms. The average Bonchev–Trinajstić information content (AvgIpc) is 2.90. The summed E-state index contributed by atoms with van der Waals surface area (Å²) in [5, 5.41) is 24.1. The summed E-state index contributed by atoms with van der Waals surface area (Å²) in [6, 6.07) is 3.62. The molecule has 0 spiro atoms. The first-order valence-corrected chi connectivity index (χ1v) is 15.2. The normalized spacial score (nSPS) is 12.8.